The number of nitrogens with two attached hydrogens (primary N) is 1. The Balaban J connectivity index is 2.70. The second kappa shape index (κ2) is 7.90. The fourth-order valence-corrected chi connectivity index (χ4v) is 3.58. The summed E-state index contributed by atoms with van der Waals surface area (Å²) in [5.41, 5.74) is 6.15. The number of likely N-dealkylation sites (N-methyl/N-ethyl adjacent to an activating group) is 1. The second-order valence-electron chi connectivity index (χ2n) is 4.92. The van der Waals surface area contributed by atoms with Crippen LogP contribution in [-0.2, 0) is 21.3 Å². The average molecular weight is 319 g/mol. The quantitative estimate of drug-likeness (QED) is 0.675. The zero-order valence-corrected chi connectivity index (χ0v) is 13.9. The monoisotopic (exact) mass is 319 g/mol. The van der Waals surface area contributed by atoms with Crippen molar-refractivity contribution in [3.8, 4) is 0 Å². The first-order valence-corrected chi connectivity index (χ1v) is 8.27. The number of methoxy groups -OCH3 is 1. The van der Waals surface area contributed by atoms with Gasteiger partial charge in [0.15, 0.2) is 0 Å². The lowest BCUT2D eigenvalue weighted by molar-refractivity contribution is 0.162. The minimum Gasteiger partial charge on any atom is -0.465 e. The molecule has 1 aromatic rings. The van der Waals surface area contributed by atoms with Crippen LogP contribution in [-0.4, -0.2) is 53.7 Å². The molecule has 0 aliphatic rings. The number of ether oxygens (including phenoxy) is 1. The van der Waals surface area contributed by atoms with E-state index in [1.54, 1.807) is 21.0 Å². The lowest BCUT2D eigenvalue weighted by Crippen LogP contribution is -2.34. The van der Waals surface area contributed by atoms with Gasteiger partial charge in [0.25, 0.3) is 0 Å². The average Bonchev–Trinajstić information content (AvgIpc) is 2.70. The van der Waals surface area contributed by atoms with E-state index in [2.05, 4.69) is 4.72 Å². The van der Waals surface area contributed by atoms with E-state index >= 15 is 0 Å². The van der Waals surface area contributed by atoms with Gasteiger partial charge in [-0.25, -0.2) is 13.1 Å². The molecule has 0 saturated carbocycles. The molecule has 1 heterocycles. The van der Waals surface area contributed by atoms with Crippen LogP contribution in [0.25, 0.3) is 0 Å². The summed E-state index contributed by atoms with van der Waals surface area (Å²) in [5.74, 6) is 0.917. The number of sulfonamides is 1. The Labute approximate surface area is 126 Å². The maximum absolute atomic E-state index is 12.4. The zero-order chi connectivity index (χ0) is 16.0. The number of hydrogen-bond acceptors (Lipinski definition) is 6. The first-order valence-electron chi connectivity index (χ1n) is 6.79. The molecule has 3 N–H and O–H groups in total. The van der Waals surface area contributed by atoms with Gasteiger partial charge in [-0.3, -0.25) is 0 Å². The highest BCUT2D eigenvalue weighted by atomic mass is 32.2. The van der Waals surface area contributed by atoms with Gasteiger partial charge in [0.2, 0.25) is 10.0 Å². The molecule has 0 unspecified atom stereocenters. The number of furan rings is 1. The van der Waals surface area contributed by atoms with Crippen molar-refractivity contribution in [2.45, 2.75) is 25.3 Å². The Morgan fingerprint density at radius 1 is 1.29 bits per heavy atom. The van der Waals surface area contributed by atoms with Gasteiger partial charge in [0.1, 0.15) is 16.4 Å². The molecule has 0 radical (unpaired) electrons. The van der Waals surface area contributed by atoms with Gasteiger partial charge in [-0.05, 0) is 20.9 Å². The maximum atomic E-state index is 12.4. The van der Waals surface area contributed by atoms with E-state index < -0.39 is 10.0 Å². The van der Waals surface area contributed by atoms with E-state index in [0.717, 1.165) is 6.54 Å². The molecule has 0 amide bonds. The van der Waals surface area contributed by atoms with Gasteiger partial charge >= 0.3 is 0 Å². The SMILES string of the molecule is COCCN(C)CCNS(=O)(=O)c1c(C)oc(C)c1CN. The van der Waals surface area contributed by atoms with Crippen molar-refractivity contribution in [2.75, 3.05) is 40.4 Å². The molecule has 0 fully saturated rings. The lowest BCUT2D eigenvalue weighted by atomic mass is 10.2. The number of nitrogens with zero attached hydrogens (tertiary/aromatic N) is 1. The molecule has 21 heavy (non-hydrogen) atoms. The summed E-state index contributed by atoms with van der Waals surface area (Å²) < 4.78 is 37.7. The Morgan fingerprint density at radius 3 is 2.52 bits per heavy atom. The molecule has 7 nitrogen and oxygen atoms in total. The van der Waals surface area contributed by atoms with E-state index in [1.165, 1.54) is 0 Å². The third-order valence-corrected chi connectivity index (χ3v) is 4.92. The van der Waals surface area contributed by atoms with Crippen LogP contribution in [0, 0.1) is 13.8 Å². The molecule has 0 aliphatic carbocycles. The highest BCUT2D eigenvalue weighted by Gasteiger charge is 2.25. The van der Waals surface area contributed by atoms with Crippen LogP contribution in [0.2, 0.25) is 0 Å². The Kier molecular flexibility index (Phi) is 6.82. The molecule has 1 rings (SSSR count). The first kappa shape index (κ1) is 18.1. The molecular formula is C13H25N3O4S. The smallest absolute Gasteiger partial charge is 0.244 e. The predicted molar refractivity (Wildman–Crippen MR) is 80.6 cm³/mol. The van der Waals surface area contributed by atoms with Crippen molar-refractivity contribution in [3.63, 3.8) is 0 Å². The maximum Gasteiger partial charge on any atom is 0.244 e. The second-order valence-corrected chi connectivity index (χ2v) is 6.62. The fourth-order valence-electron chi connectivity index (χ4n) is 2.10. The predicted octanol–water partition coefficient (Wildman–Crippen LogP) is 0.212. The van der Waals surface area contributed by atoms with E-state index in [9.17, 15) is 8.42 Å². The van der Waals surface area contributed by atoms with E-state index in [-0.39, 0.29) is 11.4 Å². The Morgan fingerprint density at radius 2 is 1.95 bits per heavy atom. The summed E-state index contributed by atoms with van der Waals surface area (Å²) >= 11 is 0. The topological polar surface area (TPSA) is 97.8 Å². The first-order chi connectivity index (χ1) is 9.83. The number of aryl methyl sites for hydroxylation is 2. The summed E-state index contributed by atoms with van der Waals surface area (Å²) in [5, 5.41) is 0. The van der Waals surface area contributed by atoms with Gasteiger partial charge in [-0.2, -0.15) is 0 Å². The summed E-state index contributed by atoms with van der Waals surface area (Å²) in [6.45, 7) is 5.74. The van der Waals surface area contributed by atoms with Gasteiger partial charge in [0.05, 0.1) is 6.61 Å². The summed E-state index contributed by atoms with van der Waals surface area (Å²) in [6, 6.07) is 0. The van der Waals surface area contributed by atoms with Crippen LogP contribution in [0.3, 0.4) is 0 Å². The Bertz CT molecular complexity index is 554. The molecule has 0 aromatic carbocycles. The molecule has 8 heteroatoms. The van der Waals surface area contributed by atoms with Crippen LogP contribution in [0.4, 0.5) is 0 Å². The van der Waals surface area contributed by atoms with Gasteiger partial charge < -0.3 is 19.8 Å². The third kappa shape index (κ3) is 4.79. The molecule has 0 atom stereocenters. The van der Waals surface area contributed by atoms with Crippen LogP contribution in [0.15, 0.2) is 9.31 Å². The van der Waals surface area contributed by atoms with Crippen molar-refractivity contribution in [1.82, 2.24) is 9.62 Å². The van der Waals surface area contributed by atoms with Gasteiger partial charge in [-0.1, -0.05) is 0 Å². The molecule has 122 valence electrons. The standard InChI is InChI=1S/C13H25N3O4S/c1-10-12(9-14)13(11(2)20-10)21(17,18)15-5-6-16(3)7-8-19-4/h15H,5-9,14H2,1-4H3. The van der Waals surface area contributed by atoms with E-state index in [4.69, 9.17) is 14.9 Å². The van der Waals surface area contributed by atoms with Crippen LogP contribution in [0.5, 0.6) is 0 Å². The minimum atomic E-state index is -3.61. The van der Waals surface area contributed by atoms with E-state index in [0.29, 0.717) is 36.8 Å². The van der Waals surface area contributed by atoms with Crippen LogP contribution in [0.1, 0.15) is 17.1 Å². The summed E-state index contributed by atoms with van der Waals surface area (Å²) in [4.78, 5) is 2.16. The fraction of sp³-hybridized carbons (Fsp3) is 0.692. The highest BCUT2D eigenvalue weighted by molar-refractivity contribution is 7.89. The van der Waals surface area contributed by atoms with Crippen molar-refractivity contribution < 1.29 is 17.6 Å². The third-order valence-electron chi connectivity index (χ3n) is 3.26. The van der Waals surface area contributed by atoms with Crippen molar-refractivity contribution in [1.29, 1.82) is 0 Å². The van der Waals surface area contributed by atoms with Crippen molar-refractivity contribution >= 4 is 10.0 Å². The Hall–Kier alpha value is -0.930. The zero-order valence-electron chi connectivity index (χ0n) is 13.1. The number of nitrogens with one attached hydrogen (secondary N) is 1. The highest BCUT2D eigenvalue weighted by Crippen LogP contribution is 2.25. The summed E-state index contributed by atoms with van der Waals surface area (Å²) in [7, 11) is -0.0683. The van der Waals surface area contributed by atoms with Crippen molar-refractivity contribution in [2.24, 2.45) is 5.73 Å². The van der Waals surface area contributed by atoms with Crippen LogP contribution < -0.4 is 10.5 Å². The minimum absolute atomic E-state index is 0.132. The number of hydrogen-bond donors (Lipinski definition) is 2. The molecule has 0 saturated heterocycles. The molecule has 0 bridgehead atoms. The largest absolute Gasteiger partial charge is 0.465 e. The molecular weight excluding hydrogens is 294 g/mol. The van der Waals surface area contributed by atoms with Crippen molar-refractivity contribution in [3.05, 3.63) is 17.1 Å². The normalized spacial score (nSPS) is 12.3. The van der Waals surface area contributed by atoms with Gasteiger partial charge in [-0.15, -0.1) is 0 Å². The lowest BCUT2D eigenvalue weighted by Gasteiger charge is -2.16. The molecule has 0 aliphatic heterocycles. The number of rotatable bonds is 9. The van der Waals surface area contributed by atoms with E-state index in [1.807, 2.05) is 11.9 Å². The molecule has 1 aromatic heterocycles. The van der Waals surface area contributed by atoms with Crippen LogP contribution >= 0.6 is 0 Å². The molecule has 0 spiro atoms. The van der Waals surface area contributed by atoms with Gasteiger partial charge in [0, 0.05) is 38.9 Å². The summed E-state index contributed by atoms with van der Waals surface area (Å²) in [6.07, 6.45) is 0.